The van der Waals surface area contributed by atoms with Crippen LogP contribution in [0.25, 0.3) is 0 Å². The number of benzene rings is 2. The molecule has 0 saturated heterocycles. The second kappa shape index (κ2) is 13.7. The third-order valence-electron chi connectivity index (χ3n) is 3.22. The Kier molecular flexibility index (Phi) is 14.1. The van der Waals surface area contributed by atoms with Gasteiger partial charge in [-0.1, -0.05) is 130 Å². The maximum atomic E-state index is 2.26. The molecule has 0 amide bonds. The minimum Gasteiger partial charge on any atom is -0.0683 e. The topological polar surface area (TPSA) is 0 Å². The normalized spacial score (nSPS) is 10.2. The standard InChI is InChI=1S/C11H16.C10H14.2C2H6/c1-11(2,3)9-10-7-5-4-6-8-10;1-10(2,3)9-7-5-4-6-8-9;2*1-2/h4-8H,9H2,1-3H3;4-8H,1-3H3;2*1-2H3. The van der Waals surface area contributed by atoms with Crippen molar-refractivity contribution in [3.8, 4) is 0 Å². The summed E-state index contributed by atoms with van der Waals surface area (Å²) in [5, 5.41) is 0. The molecular weight excluding hydrogens is 300 g/mol. The molecular formula is C25H42. The summed E-state index contributed by atoms with van der Waals surface area (Å²) in [4.78, 5) is 0. The maximum Gasteiger partial charge on any atom is -0.0132 e. The van der Waals surface area contributed by atoms with Gasteiger partial charge in [0, 0.05) is 0 Å². The molecule has 0 aliphatic carbocycles. The fourth-order valence-electron chi connectivity index (χ4n) is 2.15. The van der Waals surface area contributed by atoms with E-state index in [9.17, 15) is 0 Å². The van der Waals surface area contributed by atoms with Crippen molar-refractivity contribution in [3.63, 3.8) is 0 Å². The van der Waals surface area contributed by atoms with Crippen molar-refractivity contribution in [2.45, 2.75) is 81.1 Å². The lowest BCUT2D eigenvalue weighted by Gasteiger charge is -2.18. The average Bonchev–Trinajstić information content (AvgIpc) is 2.59. The molecule has 0 heteroatoms. The Labute approximate surface area is 158 Å². The molecule has 0 nitrogen and oxygen atoms in total. The zero-order chi connectivity index (χ0) is 19.9. The predicted octanol–water partition coefficient (Wildman–Crippen LogP) is 8.31. The van der Waals surface area contributed by atoms with Gasteiger partial charge in [0.05, 0.1) is 0 Å². The number of hydrogen-bond donors (Lipinski definition) is 0. The summed E-state index contributed by atoms with van der Waals surface area (Å²) < 4.78 is 0. The Hall–Kier alpha value is -1.56. The van der Waals surface area contributed by atoms with E-state index in [-0.39, 0.29) is 0 Å². The van der Waals surface area contributed by atoms with Crippen molar-refractivity contribution in [2.75, 3.05) is 0 Å². The lowest BCUT2D eigenvalue weighted by Crippen LogP contribution is -2.10. The first-order chi connectivity index (χ1) is 11.7. The van der Waals surface area contributed by atoms with Gasteiger partial charge in [-0.3, -0.25) is 0 Å². The minimum absolute atomic E-state index is 0.293. The summed E-state index contributed by atoms with van der Waals surface area (Å²) in [5.74, 6) is 0. The number of hydrogen-bond acceptors (Lipinski definition) is 0. The molecule has 0 N–H and O–H groups in total. The maximum absolute atomic E-state index is 2.26. The lowest BCUT2D eigenvalue weighted by atomic mass is 9.87. The van der Waals surface area contributed by atoms with E-state index >= 15 is 0 Å². The van der Waals surface area contributed by atoms with E-state index in [1.807, 2.05) is 27.7 Å². The highest BCUT2D eigenvalue weighted by Crippen LogP contribution is 2.21. The monoisotopic (exact) mass is 342 g/mol. The minimum atomic E-state index is 0.293. The molecule has 25 heavy (non-hydrogen) atoms. The summed E-state index contributed by atoms with van der Waals surface area (Å²) in [6.07, 6.45) is 1.16. The molecule has 0 spiro atoms. The lowest BCUT2D eigenvalue weighted by molar-refractivity contribution is 0.411. The molecule has 0 atom stereocenters. The van der Waals surface area contributed by atoms with Gasteiger partial charge in [-0.2, -0.15) is 0 Å². The molecule has 0 unspecified atom stereocenters. The first-order valence-corrected chi connectivity index (χ1v) is 9.78. The second-order valence-electron chi connectivity index (χ2n) is 7.84. The van der Waals surface area contributed by atoms with Gasteiger partial charge in [0.25, 0.3) is 0 Å². The third kappa shape index (κ3) is 14.5. The van der Waals surface area contributed by atoms with E-state index in [4.69, 9.17) is 0 Å². The van der Waals surface area contributed by atoms with Gasteiger partial charge in [-0.15, -0.1) is 0 Å². The molecule has 0 bridgehead atoms. The van der Waals surface area contributed by atoms with Gasteiger partial charge < -0.3 is 0 Å². The highest BCUT2D eigenvalue weighted by Gasteiger charge is 2.11. The Bertz CT molecular complexity index is 495. The highest BCUT2D eigenvalue weighted by molar-refractivity contribution is 5.22. The zero-order valence-electron chi connectivity index (χ0n) is 18.5. The van der Waals surface area contributed by atoms with Crippen molar-refractivity contribution in [1.82, 2.24) is 0 Å². The predicted molar refractivity (Wildman–Crippen MR) is 117 cm³/mol. The first-order valence-electron chi connectivity index (χ1n) is 9.78. The van der Waals surface area contributed by atoms with Crippen molar-refractivity contribution < 1.29 is 0 Å². The van der Waals surface area contributed by atoms with Crippen LogP contribution in [0.3, 0.4) is 0 Å². The summed E-state index contributed by atoms with van der Waals surface area (Å²) in [6.45, 7) is 21.5. The fraction of sp³-hybridized carbons (Fsp3) is 0.520. The SMILES string of the molecule is CC.CC.CC(C)(C)Cc1ccccc1.CC(C)(C)c1ccccc1. The zero-order valence-corrected chi connectivity index (χ0v) is 18.5. The van der Waals surface area contributed by atoms with E-state index in [1.165, 1.54) is 11.1 Å². The smallest absolute Gasteiger partial charge is 0.0132 e. The van der Waals surface area contributed by atoms with Gasteiger partial charge in [-0.25, -0.2) is 0 Å². The molecule has 0 aromatic heterocycles. The van der Waals surface area contributed by atoms with Gasteiger partial charge in [-0.05, 0) is 28.4 Å². The van der Waals surface area contributed by atoms with Crippen LogP contribution in [0, 0.1) is 5.41 Å². The molecule has 0 saturated carbocycles. The van der Waals surface area contributed by atoms with Crippen molar-refractivity contribution in [3.05, 3.63) is 71.8 Å². The average molecular weight is 343 g/mol. The summed E-state index contributed by atoms with van der Waals surface area (Å²) >= 11 is 0. The molecule has 0 fully saturated rings. The van der Waals surface area contributed by atoms with E-state index in [1.54, 1.807) is 0 Å². The second-order valence-corrected chi connectivity index (χ2v) is 7.84. The van der Waals surface area contributed by atoms with Crippen molar-refractivity contribution in [1.29, 1.82) is 0 Å². The van der Waals surface area contributed by atoms with Gasteiger partial charge in [0.15, 0.2) is 0 Å². The van der Waals surface area contributed by atoms with Crippen LogP contribution in [0.4, 0.5) is 0 Å². The van der Waals surface area contributed by atoms with E-state index < -0.39 is 0 Å². The van der Waals surface area contributed by atoms with Gasteiger partial charge in [0.2, 0.25) is 0 Å². The van der Waals surface area contributed by atoms with E-state index in [0.717, 1.165) is 6.42 Å². The highest BCUT2D eigenvalue weighted by atomic mass is 14.2. The van der Waals surface area contributed by atoms with Crippen molar-refractivity contribution in [2.24, 2.45) is 5.41 Å². The summed E-state index contributed by atoms with van der Waals surface area (Å²) in [7, 11) is 0. The molecule has 2 rings (SSSR count). The molecule has 0 aliphatic heterocycles. The van der Waals surface area contributed by atoms with Crippen LogP contribution in [0.5, 0.6) is 0 Å². The van der Waals surface area contributed by atoms with E-state index in [0.29, 0.717) is 10.8 Å². The van der Waals surface area contributed by atoms with Crippen LogP contribution in [0.15, 0.2) is 60.7 Å². The molecule has 2 aromatic rings. The molecule has 0 heterocycles. The Morgan fingerprint density at radius 3 is 1.20 bits per heavy atom. The Balaban J connectivity index is 0. The summed E-state index contributed by atoms with van der Waals surface area (Å²) in [6, 6.07) is 21.2. The van der Waals surface area contributed by atoms with Crippen LogP contribution in [0.2, 0.25) is 0 Å². The van der Waals surface area contributed by atoms with Crippen LogP contribution >= 0.6 is 0 Å². The molecule has 0 aliphatic rings. The van der Waals surface area contributed by atoms with Gasteiger partial charge >= 0.3 is 0 Å². The molecule has 0 radical (unpaired) electrons. The Morgan fingerprint density at radius 2 is 0.920 bits per heavy atom. The molecule has 2 aromatic carbocycles. The quantitative estimate of drug-likeness (QED) is 0.488. The van der Waals surface area contributed by atoms with Gasteiger partial charge in [0.1, 0.15) is 0 Å². The van der Waals surface area contributed by atoms with Crippen LogP contribution in [-0.2, 0) is 11.8 Å². The van der Waals surface area contributed by atoms with Crippen LogP contribution < -0.4 is 0 Å². The van der Waals surface area contributed by atoms with Crippen LogP contribution in [-0.4, -0.2) is 0 Å². The Morgan fingerprint density at radius 1 is 0.560 bits per heavy atom. The first kappa shape index (κ1) is 25.7. The van der Waals surface area contributed by atoms with E-state index in [2.05, 4.69) is 102 Å². The third-order valence-corrected chi connectivity index (χ3v) is 3.22. The fourth-order valence-corrected chi connectivity index (χ4v) is 2.15. The van der Waals surface area contributed by atoms with Crippen LogP contribution in [0.1, 0.15) is 80.4 Å². The van der Waals surface area contributed by atoms with Crippen molar-refractivity contribution >= 4 is 0 Å². The number of rotatable bonds is 1. The molecule has 142 valence electrons. The summed E-state index contributed by atoms with van der Waals surface area (Å²) in [5.41, 5.74) is 3.53. The largest absolute Gasteiger partial charge is 0.0683 e.